The van der Waals surface area contributed by atoms with Gasteiger partial charge in [0.2, 0.25) is 0 Å². The maximum Gasteiger partial charge on any atom is 0.317 e. The molecule has 1 rings (SSSR count). The number of amides is 2. The molecule has 0 aliphatic rings. The van der Waals surface area contributed by atoms with Gasteiger partial charge >= 0.3 is 6.03 Å². The number of benzene rings is 1. The van der Waals surface area contributed by atoms with Crippen molar-refractivity contribution >= 4 is 6.03 Å². The van der Waals surface area contributed by atoms with Gasteiger partial charge in [-0.3, -0.25) is 0 Å². The Kier molecular flexibility index (Phi) is 3.52. The molecule has 0 aromatic heterocycles. The van der Waals surface area contributed by atoms with Crippen LogP contribution in [-0.4, -0.2) is 25.0 Å². The van der Waals surface area contributed by atoms with Gasteiger partial charge in [-0.05, 0) is 31.5 Å². The van der Waals surface area contributed by atoms with E-state index < -0.39 is 5.54 Å². The van der Waals surface area contributed by atoms with Crippen molar-refractivity contribution in [2.45, 2.75) is 19.4 Å². The Bertz CT molecular complexity index is 388. The van der Waals surface area contributed by atoms with Crippen LogP contribution < -0.4 is 5.32 Å². The van der Waals surface area contributed by atoms with Crippen molar-refractivity contribution in [1.29, 1.82) is 0 Å². The van der Waals surface area contributed by atoms with Crippen LogP contribution in [0.5, 0.6) is 0 Å². The van der Waals surface area contributed by atoms with E-state index in [1.165, 1.54) is 17.0 Å². The van der Waals surface area contributed by atoms with Crippen LogP contribution in [0.4, 0.5) is 9.18 Å². The van der Waals surface area contributed by atoms with Gasteiger partial charge in [-0.25, -0.2) is 9.18 Å². The molecule has 0 heterocycles. The average molecular weight is 224 g/mol. The third kappa shape index (κ3) is 2.95. The predicted molar refractivity (Wildman–Crippen MR) is 61.6 cm³/mol. The number of carbonyl (C=O) groups excluding carboxylic acids is 1. The molecule has 0 spiro atoms. The summed E-state index contributed by atoms with van der Waals surface area (Å²) < 4.78 is 13.1. The molecule has 0 radical (unpaired) electrons. The Labute approximate surface area is 95.3 Å². The highest BCUT2D eigenvalue weighted by Crippen LogP contribution is 2.20. The van der Waals surface area contributed by atoms with E-state index in [0.717, 1.165) is 5.56 Å². The SMILES string of the molecule is CN(C)C(=O)NC(C)(C)c1cccc(F)c1. The average Bonchev–Trinajstić information content (AvgIpc) is 2.17. The van der Waals surface area contributed by atoms with Gasteiger partial charge in [0.1, 0.15) is 5.82 Å². The minimum Gasteiger partial charge on any atom is -0.331 e. The summed E-state index contributed by atoms with van der Waals surface area (Å²) in [6.07, 6.45) is 0. The van der Waals surface area contributed by atoms with Crippen LogP contribution >= 0.6 is 0 Å². The van der Waals surface area contributed by atoms with E-state index in [9.17, 15) is 9.18 Å². The van der Waals surface area contributed by atoms with Crippen molar-refractivity contribution < 1.29 is 9.18 Å². The summed E-state index contributed by atoms with van der Waals surface area (Å²) in [6, 6.07) is 6.03. The molecule has 0 saturated carbocycles. The monoisotopic (exact) mass is 224 g/mol. The summed E-state index contributed by atoms with van der Waals surface area (Å²) in [5, 5.41) is 2.82. The van der Waals surface area contributed by atoms with E-state index in [4.69, 9.17) is 0 Å². The lowest BCUT2D eigenvalue weighted by molar-refractivity contribution is 0.205. The molecule has 0 saturated heterocycles. The quantitative estimate of drug-likeness (QED) is 0.821. The molecule has 0 fully saturated rings. The van der Waals surface area contributed by atoms with Crippen LogP contribution in [0.25, 0.3) is 0 Å². The molecule has 88 valence electrons. The minimum absolute atomic E-state index is 0.200. The number of nitrogens with zero attached hydrogens (tertiary/aromatic N) is 1. The van der Waals surface area contributed by atoms with Crippen LogP contribution in [0, 0.1) is 5.82 Å². The maximum absolute atomic E-state index is 13.1. The molecule has 2 amide bonds. The van der Waals surface area contributed by atoms with Crippen molar-refractivity contribution in [3.63, 3.8) is 0 Å². The Morgan fingerprint density at radius 1 is 1.38 bits per heavy atom. The zero-order valence-electron chi connectivity index (χ0n) is 10.0. The number of rotatable bonds is 2. The number of urea groups is 1. The highest BCUT2D eigenvalue weighted by Gasteiger charge is 2.23. The molecule has 1 aromatic rings. The van der Waals surface area contributed by atoms with E-state index in [2.05, 4.69) is 5.32 Å². The molecule has 1 N–H and O–H groups in total. The Morgan fingerprint density at radius 3 is 2.50 bits per heavy atom. The van der Waals surface area contributed by atoms with Crippen molar-refractivity contribution in [1.82, 2.24) is 10.2 Å². The first-order valence-electron chi connectivity index (χ1n) is 5.08. The van der Waals surface area contributed by atoms with E-state index >= 15 is 0 Å². The fraction of sp³-hybridized carbons (Fsp3) is 0.417. The molecule has 3 nitrogen and oxygen atoms in total. The van der Waals surface area contributed by atoms with Gasteiger partial charge in [-0.1, -0.05) is 12.1 Å². The first-order valence-corrected chi connectivity index (χ1v) is 5.08. The van der Waals surface area contributed by atoms with Crippen LogP contribution in [-0.2, 0) is 5.54 Å². The molecule has 0 bridgehead atoms. The summed E-state index contributed by atoms with van der Waals surface area (Å²) in [5.41, 5.74) is 0.145. The minimum atomic E-state index is -0.594. The Balaban J connectivity index is 2.89. The van der Waals surface area contributed by atoms with E-state index in [1.807, 2.05) is 13.8 Å². The van der Waals surface area contributed by atoms with Gasteiger partial charge in [-0.15, -0.1) is 0 Å². The van der Waals surface area contributed by atoms with Gasteiger partial charge in [0.05, 0.1) is 5.54 Å². The number of carbonyl (C=O) groups is 1. The predicted octanol–water partition coefficient (Wildman–Crippen LogP) is 2.33. The number of nitrogens with one attached hydrogen (secondary N) is 1. The number of halogens is 1. The van der Waals surface area contributed by atoms with E-state index in [-0.39, 0.29) is 11.8 Å². The van der Waals surface area contributed by atoms with Gasteiger partial charge < -0.3 is 10.2 Å². The lowest BCUT2D eigenvalue weighted by Crippen LogP contribution is -2.45. The normalized spacial score (nSPS) is 11.1. The largest absolute Gasteiger partial charge is 0.331 e. The lowest BCUT2D eigenvalue weighted by atomic mass is 9.94. The molecule has 4 heteroatoms. The Hall–Kier alpha value is -1.58. The summed E-state index contributed by atoms with van der Waals surface area (Å²) in [7, 11) is 3.33. The topological polar surface area (TPSA) is 32.3 Å². The number of hydrogen-bond donors (Lipinski definition) is 1. The molecular weight excluding hydrogens is 207 g/mol. The van der Waals surface area contributed by atoms with Crippen LogP contribution in [0.3, 0.4) is 0 Å². The van der Waals surface area contributed by atoms with Gasteiger partial charge in [-0.2, -0.15) is 0 Å². The highest BCUT2D eigenvalue weighted by molar-refractivity contribution is 5.74. The molecule has 0 aliphatic heterocycles. The maximum atomic E-state index is 13.1. The van der Waals surface area contributed by atoms with Crippen molar-refractivity contribution in [2.24, 2.45) is 0 Å². The molecule has 0 unspecified atom stereocenters. The third-order valence-electron chi connectivity index (χ3n) is 2.37. The summed E-state index contributed by atoms with van der Waals surface area (Å²) >= 11 is 0. The third-order valence-corrected chi connectivity index (χ3v) is 2.37. The molecule has 0 atom stereocenters. The zero-order valence-corrected chi connectivity index (χ0v) is 10.0. The van der Waals surface area contributed by atoms with Crippen LogP contribution in [0.15, 0.2) is 24.3 Å². The van der Waals surface area contributed by atoms with Crippen LogP contribution in [0.2, 0.25) is 0 Å². The van der Waals surface area contributed by atoms with Gasteiger partial charge in [0, 0.05) is 14.1 Å². The van der Waals surface area contributed by atoms with E-state index in [0.29, 0.717) is 0 Å². The molecule has 0 aliphatic carbocycles. The fourth-order valence-corrected chi connectivity index (χ4v) is 1.33. The first-order chi connectivity index (χ1) is 7.33. The van der Waals surface area contributed by atoms with Gasteiger partial charge in [0.15, 0.2) is 0 Å². The second kappa shape index (κ2) is 4.51. The highest BCUT2D eigenvalue weighted by atomic mass is 19.1. The van der Waals surface area contributed by atoms with Crippen LogP contribution in [0.1, 0.15) is 19.4 Å². The van der Waals surface area contributed by atoms with Crippen molar-refractivity contribution in [3.05, 3.63) is 35.6 Å². The fourth-order valence-electron chi connectivity index (χ4n) is 1.33. The van der Waals surface area contributed by atoms with Crippen molar-refractivity contribution in [2.75, 3.05) is 14.1 Å². The van der Waals surface area contributed by atoms with Crippen molar-refractivity contribution in [3.8, 4) is 0 Å². The second-order valence-electron chi connectivity index (χ2n) is 4.46. The second-order valence-corrected chi connectivity index (χ2v) is 4.46. The molecular formula is C12H17FN2O. The summed E-state index contributed by atoms with van der Waals surface area (Å²) in [6.45, 7) is 3.67. The zero-order chi connectivity index (χ0) is 12.3. The first kappa shape index (κ1) is 12.5. The lowest BCUT2D eigenvalue weighted by Gasteiger charge is -2.28. The Morgan fingerprint density at radius 2 is 2.00 bits per heavy atom. The summed E-state index contributed by atoms with van der Waals surface area (Å²) in [4.78, 5) is 13.0. The molecule has 16 heavy (non-hydrogen) atoms. The number of hydrogen-bond acceptors (Lipinski definition) is 1. The standard InChI is InChI=1S/C12H17FN2O/c1-12(2,14-11(16)15(3)4)9-6-5-7-10(13)8-9/h5-8H,1-4H3,(H,14,16). The smallest absolute Gasteiger partial charge is 0.317 e. The summed E-state index contributed by atoms with van der Waals surface area (Å²) in [5.74, 6) is -0.301. The molecule has 1 aromatic carbocycles. The van der Waals surface area contributed by atoms with E-state index in [1.54, 1.807) is 26.2 Å². The van der Waals surface area contributed by atoms with Gasteiger partial charge in [0.25, 0.3) is 0 Å².